The molecule has 1 aromatic carbocycles. The molecule has 0 aliphatic carbocycles. The van der Waals surface area contributed by atoms with Crippen LogP contribution in [0.3, 0.4) is 0 Å². The van der Waals surface area contributed by atoms with E-state index in [9.17, 15) is 9.18 Å². The van der Waals surface area contributed by atoms with Gasteiger partial charge in [0.1, 0.15) is 5.82 Å². The molecule has 0 unspecified atom stereocenters. The maximum absolute atomic E-state index is 13.1. The van der Waals surface area contributed by atoms with Gasteiger partial charge in [-0.25, -0.2) is 9.18 Å². The molecular formula is C12H9BrFNO3. The van der Waals surface area contributed by atoms with E-state index in [1.807, 2.05) is 0 Å². The van der Waals surface area contributed by atoms with Gasteiger partial charge in [-0.05, 0) is 25.1 Å². The van der Waals surface area contributed by atoms with E-state index in [1.165, 1.54) is 18.2 Å². The molecule has 18 heavy (non-hydrogen) atoms. The van der Waals surface area contributed by atoms with Crippen molar-refractivity contribution in [1.29, 1.82) is 0 Å². The van der Waals surface area contributed by atoms with Crippen LogP contribution in [0.1, 0.15) is 17.4 Å². The van der Waals surface area contributed by atoms with Crippen molar-refractivity contribution < 1.29 is 18.4 Å². The van der Waals surface area contributed by atoms with Crippen LogP contribution in [0.25, 0.3) is 11.3 Å². The van der Waals surface area contributed by atoms with E-state index in [-0.39, 0.29) is 12.3 Å². The van der Waals surface area contributed by atoms with Crippen LogP contribution in [0.15, 0.2) is 33.3 Å². The van der Waals surface area contributed by atoms with Crippen molar-refractivity contribution in [3.8, 4) is 11.3 Å². The van der Waals surface area contributed by atoms with Crippen molar-refractivity contribution in [3.63, 3.8) is 0 Å². The molecule has 0 N–H and O–H groups in total. The molecule has 0 saturated carbocycles. The van der Waals surface area contributed by atoms with Crippen LogP contribution in [-0.4, -0.2) is 17.7 Å². The normalized spacial score (nSPS) is 10.4. The third kappa shape index (κ3) is 2.59. The fourth-order valence-corrected chi connectivity index (χ4v) is 1.83. The summed E-state index contributed by atoms with van der Waals surface area (Å²) < 4.78 is 23.6. The largest absolute Gasteiger partial charge is 0.461 e. The lowest BCUT2D eigenvalue weighted by Crippen LogP contribution is -2.04. The summed E-state index contributed by atoms with van der Waals surface area (Å²) in [4.78, 5) is 11.4. The van der Waals surface area contributed by atoms with Crippen LogP contribution >= 0.6 is 15.9 Å². The van der Waals surface area contributed by atoms with Crippen molar-refractivity contribution >= 4 is 21.9 Å². The van der Waals surface area contributed by atoms with Crippen LogP contribution in [-0.2, 0) is 4.74 Å². The van der Waals surface area contributed by atoms with Crippen LogP contribution in [0.2, 0.25) is 0 Å². The third-order valence-electron chi connectivity index (χ3n) is 2.19. The molecule has 0 saturated heterocycles. The summed E-state index contributed by atoms with van der Waals surface area (Å²) in [5.41, 5.74) is 0.543. The molecule has 1 aromatic heterocycles. The molecular weight excluding hydrogens is 305 g/mol. The highest BCUT2D eigenvalue weighted by atomic mass is 79.9. The standard InChI is InChI=1S/C12H9BrFNO3/c1-2-17-12(16)10-6-11(18-15-10)8-5-7(14)3-4-9(8)13/h3-6H,2H2,1H3. The SMILES string of the molecule is CCOC(=O)c1cc(-c2cc(F)ccc2Br)on1. The lowest BCUT2D eigenvalue weighted by molar-refractivity contribution is 0.0514. The molecule has 4 nitrogen and oxygen atoms in total. The second-order valence-electron chi connectivity index (χ2n) is 3.42. The second kappa shape index (κ2) is 5.30. The first kappa shape index (κ1) is 12.8. The maximum atomic E-state index is 13.1. The molecule has 2 rings (SSSR count). The van der Waals surface area contributed by atoms with Crippen molar-refractivity contribution in [3.05, 3.63) is 40.2 Å². The van der Waals surface area contributed by atoms with Gasteiger partial charge < -0.3 is 9.26 Å². The molecule has 0 radical (unpaired) electrons. The lowest BCUT2D eigenvalue weighted by atomic mass is 10.1. The highest BCUT2D eigenvalue weighted by Gasteiger charge is 2.16. The minimum Gasteiger partial charge on any atom is -0.461 e. The number of ether oxygens (including phenoxy) is 1. The molecule has 0 spiro atoms. The molecule has 0 fully saturated rings. The topological polar surface area (TPSA) is 52.3 Å². The fourth-order valence-electron chi connectivity index (χ4n) is 1.39. The Labute approximate surface area is 111 Å². The predicted octanol–water partition coefficient (Wildman–Crippen LogP) is 3.42. The Hall–Kier alpha value is -1.69. The molecule has 0 aliphatic heterocycles. The summed E-state index contributed by atoms with van der Waals surface area (Å²) in [5, 5.41) is 3.59. The highest BCUT2D eigenvalue weighted by Crippen LogP contribution is 2.29. The number of esters is 1. The Kier molecular flexibility index (Phi) is 3.76. The van der Waals surface area contributed by atoms with Crippen LogP contribution in [0, 0.1) is 5.82 Å². The molecule has 2 aromatic rings. The molecule has 0 bridgehead atoms. The summed E-state index contributed by atoms with van der Waals surface area (Å²) >= 11 is 3.27. The number of carbonyl (C=O) groups excluding carboxylic acids is 1. The monoisotopic (exact) mass is 313 g/mol. The summed E-state index contributed by atoms with van der Waals surface area (Å²) in [5.74, 6) is -0.674. The Morgan fingerprint density at radius 1 is 1.50 bits per heavy atom. The first-order valence-corrected chi connectivity index (χ1v) is 6.00. The Bertz CT molecular complexity index is 582. The Balaban J connectivity index is 2.35. The van der Waals surface area contributed by atoms with Gasteiger partial charge in [0.05, 0.1) is 6.61 Å². The van der Waals surface area contributed by atoms with E-state index in [1.54, 1.807) is 13.0 Å². The Morgan fingerprint density at radius 2 is 2.28 bits per heavy atom. The van der Waals surface area contributed by atoms with Crippen LogP contribution in [0.4, 0.5) is 4.39 Å². The number of aromatic nitrogens is 1. The van der Waals surface area contributed by atoms with E-state index in [2.05, 4.69) is 21.1 Å². The number of nitrogens with zero attached hydrogens (tertiary/aromatic N) is 1. The third-order valence-corrected chi connectivity index (χ3v) is 2.88. The first-order valence-electron chi connectivity index (χ1n) is 5.21. The van der Waals surface area contributed by atoms with Gasteiger partial charge in [-0.15, -0.1) is 0 Å². The number of carbonyl (C=O) groups is 1. The van der Waals surface area contributed by atoms with Gasteiger partial charge >= 0.3 is 5.97 Å². The zero-order chi connectivity index (χ0) is 13.1. The minimum absolute atomic E-state index is 0.0583. The molecule has 94 valence electrons. The maximum Gasteiger partial charge on any atom is 0.360 e. The molecule has 0 atom stereocenters. The number of rotatable bonds is 3. The van der Waals surface area contributed by atoms with Gasteiger partial charge in [0.15, 0.2) is 11.5 Å². The van der Waals surface area contributed by atoms with E-state index < -0.39 is 11.8 Å². The summed E-state index contributed by atoms with van der Waals surface area (Å²) in [7, 11) is 0. The van der Waals surface area contributed by atoms with Gasteiger partial charge in [-0.1, -0.05) is 21.1 Å². The Morgan fingerprint density at radius 3 is 3.00 bits per heavy atom. The summed E-state index contributed by atoms with van der Waals surface area (Å²) in [6.07, 6.45) is 0. The molecule has 0 amide bonds. The van der Waals surface area contributed by atoms with E-state index >= 15 is 0 Å². The zero-order valence-corrected chi connectivity index (χ0v) is 11.0. The number of hydrogen-bond acceptors (Lipinski definition) is 4. The van der Waals surface area contributed by atoms with Gasteiger partial charge in [0.25, 0.3) is 0 Å². The van der Waals surface area contributed by atoms with Crippen molar-refractivity contribution in [2.45, 2.75) is 6.92 Å². The predicted molar refractivity (Wildman–Crippen MR) is 65.6 cm³/mol. The highest BCUT2D eigenvalue weighted by molar-refractivity contribution is 9.10. The summed E-state index contributed by atoms with van der Waals surface area (Å²) in [6, 6.07) is 5.57. The zero-order valence-electron chi connectivity index (χ0n) is 9.44. The van der Waals surface area contributed by atoms with Crippen molar-refractivity contribution in [2.24, 2.45) is 0 Å². The number of benzene rings is 1. The fraction of sp³-hybridized carbons (Fsp3) is 0.167. The average molecular weight is 314 g/mol. The van der Waals surface area contributed by atoms with Crippen molar-refractivity contribution in [1.82, 2.24) is 5.16 Å². The first-order chi connectivity index (χ1) is 8.61. The molecule has 0 aliphatic rings. The van der Waals surface area contributed by atoms with E-state index in [0.717, 1.165) is 0 Å². The number of halogens is 2. The van der Waals surface area contributed by atoms with E-state index in [4.69, 9.17) is 9.26 Å². The van der Waals surface area contributed by atoms with Gasteiger partial charge in [0.2, 0.25) is 0 Å². The van der Waals surface area contributed by atoms with E-state index in [0.29, 0.717) is 15.8 Å². The number of hydrogen-bond donors (Lipinski definition) is 0. The second-order valence-corrected chi connectivity index (χ2v) is 4.28. The van der Waals surface area contributed by atoms with Gasteiger partial charge in [-0.3, -0.25) is 0 Å². The molecule has 6 heteroatoms. The molecule has 1 heterocycles. The van der Waals surface area contributed by atoms with Crippen LogP contribution in [0.5, 0.6) is 0 Å². The minimum atomic E-state index is -0.569. The quantitative estimate of drug-likeness (QED) is 0.815. The lowest BCUT2D eigenvalue weighted by Gasteiger charge is -1.99. The smallest absolute Gasteiger partial charge is 0.360 e. The van der Waals surface area contributed by atoms with Crippen LogP contribution < -0.4 is 0 Å². The van der Waals surface area contributed by atoms with Crippen molar-refractivity contribution in [2.75, 3.05) is 6.61 Å². The summed E-state index contributed by atoms with van der Waals surface area (Å²) in [6.45, 7) is 1.95. The van der Waals surface area contributed by atoms with Gasteiger partial charge in [-0.2, -0.15) is 0 Å². The van der Waals surface area contributed by atoms with Gasteiger partial charge in [0, 0.05) is 16.1 Å². The average Bonchev–Trinajstić information content (AvgIpc) is 2.82.